The molecule has 1 N–H and O–H groups in total. The van der Waals surface area contributed by atoms with Crippen LogP contribution in [0.25, 0.3) is 0 Å². The van der Waals surface area contributed by atoms with E-state index in [1.807, 2.05) is 0 Å². The smallest absolute Gasteiger partial charge is 0.341 e. The van der Waals surface area contributed by atoms with Gasteiger partial charge in [0.15, 0.2) is 0 Å². The third kappa shape index (κ3) is 3.89. The zero-order valence-corrected chi connectivity index (χ0v) is 10.7. The molecule has 0 radical (unpaired) electrons. The molecule has 0 aliphatic rings. The Hall–Kier alpha value is -1.82. The molecule has 0 aliphatic heterocycles. The van der Waals surface area contributed by atoms with Gasteiger partial charge in [0.25, 0.3) is 0 Å². The number of ether oxygens (including phenoxy) is 2. The Labute approximate surface area is 105 Å². The molecule has 0 atom stereocenters. The van der Waals surface area contributed by atoms with Crippen molar-refractivity contribution in [2.24, 2.45) is 0 Å². The van der Waals surface area contributed by atoms with E-state index >= 15 is 0 Å². The lowest BCUT2D eigenvalue weighted by atomic mass is 10.2. The van der Waals surface area contributed by atoms with Gasteiger partial charge in [0, 0.05) is 6.54 Å². The molecule has 0 amide bonds. The summed E-state index contributed by atoms with van der Waals surface area (Å²) in [5, 5.41) is 3.02. The summed E-state index contributed by atoms with van der Waals surface area (Å²) in [5.41, 5.74) is 0.419. The number of hydrogen-bond acceptors (Lipinski definition) is 6. The minimum atomic E-state index is -0.419. The summed E-state index contributed by atoms with van der Waals surface area (Å²) in [6.45, 7) is 2.62. The lowest BCUT2D eigenvalue weighted by Gasteiger charge is -2.01. The highest BCUT2D eigenvalue weighted by atomic mass is 16.5. The Bertz CT molecular complexity index is 424. The molecular formula is C12H17NO5. The van der Waals surface area contributed by atoms with Crippen LogP contribution < -0.4 is 5.32 Å². The van der Waals surface area contributed by atoms with Gasteiger partial charge in [-0.1, -0.05) is 0 Å². The summed E-state index contributed by atoms with van der Waals surface area (Å²) in [6, 6.07) is 1.63. The van der Waals surface area contributed by atoms with Crippen LogP contribution in [-0.2, 0) is 20.8 Å². The first-order valence-corrected chi connectivity index (χ1v) is 5.53. The van der Waals surface area contributed by atoms with Crippen LogP contribution >= 0.6 is 0 Å². The maximum absolute atomic E-state index is 11.3. The van der Waals surface area contributed by atoms with Crippen LogP contribution in [0.1, 0.15) is 28.3 Å². The molecule has 0 unspecified atom stereocenters. The Morgan fingerprint density at radius 1 is 1.33 bits per heavy atom. The highest BCUT2D eigenvalue weighted by molar-refractivity contribution is 5.90. The molecule has 1 heterocycles. The molecule has 100 valence electrons. The monoisotopic (exact) mass is 255 g/mol. The maximum Gasteiger partial charge on any atom is 0.341 e. The van der Waals surface area contributed by atoms with Crippen LogP contribution in [-0.4, -0.2) is 32.7 Å². The first kappa shape index (κ1) is 14.2. The van der Waals surface area contributed by atoms with Gasteiger partial charge in [0.2, 0.25) is 0 Å². The van der Waals surface area contributed by atoms with Crippen molar-refractivity contribution in [3.05, 3.63) is 23.2 Å². The van der Waals surface area contributed by atoms with Crippen molar-refractivity contribution in [1.29, 1.82) is 0 Å². The topological polar surface area (TPSA) is 77.8 Å². The van der Waals surface area contributed by atoms with E-state index in [0.29, 0.717) is 36.6 Å². The molecule has 6 nitrogen and oxygen atoms in total. The van der Waals surface area contributed by atoms with Gasteiger partial charge in [-0.3, -0.25) is 4.79 Å². The van der Waals surface area contributed by atoms with Gasteiger partial charge >= 0.3 is 11.9 Å². The van der Waals surface area contributed by atoms with Crippen molar-refractivity contribution in [3.8, 4) is 0 Å². The second kappa shape index (κ2) is 6.80. The van der Waals surface area contributed by atoms with E-state index in [2.05, 4.69) is 14.8 Å². The number of aryl methyl sites for hydroxylation is 1. The molecule has 0 aromatic carbocycles. The summed E-state index contributed by atoms with van der Waals surface area (Å²) >= 11 is 0. The highest BCUT2D eigenvalue weighted by Crippen LogP contribution is 2.15. The normalized spacial score (nSPS) is 10.2. The average molecular weight is 255 g/mol. The number of carbonyl (C=O) groups is 2. The number of rotatable bonds is 6. The number of esters is 2. The molecule has 6 heteroatoms. The SMILES string of the molecule is COC(=O)CCNCc1cc(C(=O)OC)c(C)o1. The van der Waals surface area contributed by atoms with E-state index in [-0.39, 0.29) is 5.97 Å². The van der Waals surface area contributed by atoms with Crippen LogP contribution in [0.2, 0.25) is 0 Å². The summed E-state index contributed by atoms with van der Waals surface area (Å²) in [4.78, 5) is 22.2. The van der Waals surface area contributed by atoms with Crippen LogP contribution in [0.15, 0.2) is 10.5 Å². The van der Waals surface area contributed by atoms with E-state index in [1.165, 1.54) is 14.2 Å². The summed E-state index contributed by atoms with van der Waals surface area (Å²) in [7, 11) is 2.67. The Balaban J connectivity index is 2.44. The zero-order valence-electron chi connectivity index (χ0n) is 10.7. The zero-order chi connectivity index (χ0) is 13.5. The van der Waals surface area contributed by atoms with Crippen molar-refractivity contribution in [3.63, 3.8) is 0 Å². The minimum absolute atomic E-state index is 0.270. The number of furan rings is 1. The first-order valence-electron chi connectivity index (χ1n) is 5.53. The summed E-state index contributed by atoms with van der Waals surface area (Å²) < 4.78 is 14.5. The van der Waals surface area contributed by atoms with Crippen LogP contribution in [0.4, 0.5) is 0 Å². The van der Waals surface area contributed by atoms with Crippen molar-refractivity contribution < 1.29 is 23.5 Å². The van der Waals surface area contributed by atoms with Crippen LogP contribution in [0.3, 0.4) is 0 Å². The Kier molecular flexibility index (Phi) is 5.38. The van der Waals surface area contributed by atoms with Gasteiger partial charge in [-0.15, -0.1) is 0 Å². The average Bonchev–Trinajstić information content (AvgIpc) is 2.74. The highest BCUT2D eigenvalue weighted by Gasteiger charge is 2.14. The molecule has 0 fully saturated rings. The fourth-order valence-electron chi connectivity index (χ4n) is 1.45. The third-order valence-electron chi connectivity index (χ3n) is 2.41. The quantitative estimate of drug-likeness (QED) is 0.604. The molecule has 0 bridgehead atoms. The lowest BCUT2D eigenvalue weighted by molar-refractivity contribution is -0.140. The lowest BCUT2D eigenvalue weighted by Crippen LogP contribution is -2.18. The summed E-state index contributed by atoms with van der Waals surface area (Å²) in [6.07, 6.45) is 0.292. The van der Waals surface area contributed by atoms with E-state index in [0.717, 1.165) is 0 Å². The predicted molar refractivity (Wildman–Crippen MR) is 63.1 cm³/mol. The standard InChI is InChI=1S/C12H17NO5/c1-8-10(12(15)17-3)6-9(18-8)7-13-5-4-11(14)16-2/h6,13H,4-5,7H2,1-3H3. The van der Waals surface area contributed by atoms with Crippen LogP contribution in [0.5, 0.6) is 0 Å². The van der Waals surface area contributed by atoms with Crippen molar-refractivity contribution in [1.82, 2.24) is 5.32 Å². The second-order valence-electron chi connectivity index (χ2n) is 3.68. The molecule has 0 saturated heterocycles. The van der Waals surface area contributed by atoms with E-state index in [1.54, 1.807) is 13.0 Å². The maximum atomic E-state index is 11.3. The third-order valence-corrected chi connectivity index (χ3v) is 2.41. The van der Waals surface area contributed by atoms with Crippen molar-refractivity contribution in [2.75, 3.05) is 20.8 Å². The van der Waals surface area contributed by atoms with Gasteiger partial charge in [-0.05, 0) is 13.0 Å². The van der Waals surface area contributed by atoms with E-state index in [9.17, 15) is 9.59 Å². The van der Waals surface area contributed by atoms with E-state index < -0.39 is 5.97 Å². The largest absolute Gasteiger partial charge is 0.469 e. The molecule has 0 aliphatic carbocycles. The molecule has 18 heavy (non-hydrogen) atoms. The predicted octanol–water partition coefficient (Wildman–Crippen LogP) is 1.03. The van der Waals surface area contributed by atoms with Gasteiger partial charge in [-0.25, -0.2) is 4.79 Å². The Morgan fingerprint density at radius 3 is 2.67 bits per heavy atom. The summed E-state index contributed by atoms with van der Waals surface area (Å²) in [5.74, 6) is 0.454. The van der Waals surface area contributed by atoms with Gasteiger partial charge in [0.1, 0.15) is 17.1 Å². The molecule has 1 aromatic heterocycles. The number of nitrogens with one attached hydrogen (secondary N) is 1. The van der Waals surface area contributed by atoms with Gasteiger partial charge in [-0.2, -0.15) is 0 Å². The molecule has 1 rings (SSSR count). The Morgan fingerprint density at radius 2 is 2.06 bits per heavy atom. The van der Waals surface area contributed by atoms with Crippen LogP contribution in [0, 0.1) is 6.92 Å². The second-order valence-corrected chi connectivity index (χ2v) is 3.68. The molecule has 0 spiro atoms. The fourth-order valence-corrected chi connectivity index (χ4v) is 1.45. The number of methoxy groups -OCH3 is 2. The minimum Gasteiger partial charge on any atom is -0.469 e. The first-order chi connectivity index (χ1) is 8.58. The molecule has 0 saturated carbocycles. The van der Waals surface area contributed by atoms with Gasteiger partial charge < -0.3 is 19.2 Å². The molecule has 1 aromatic rings. The van der Waals surface area contributed by atoms with Crippen molar-refractivity contribution >= 4 is 11.9 Å². The van der Waals surface area contributed by atoms with Gasteiger partial charge in [0.05, 0.1) is 27.2 Å². The van der Waals surface area contributed by atoms with Crippen molar-refractivity contribution in [2.45, 2.75) is 19.9 Å². The molecular weight excluding hydrogens is 238 g/mol. The number of carbonyl (C=O) groups excluding carboxylic acids is 2. The number of hydrogen-bond donors (Lipinski definition) is 1. The fraction of sp³-hybridized carbons (Fsp3) is 0.500. The van der Waals surface area contributed by atoms with E-state index in [4.69, 9.17) is 4.42 Å².